The summed E-state index contributed by atoms with van der Waals surface area (Å²) in [5.74, 6) is 0.681. The lowest BCUT2D eigenvalue weighted by atomic mass is 9.99. The largest absolute Gasteiger partial charge is 0.383 e. The van der Waals surface area contributed by atoms with Gasteiger partial charge >= 0.3 is 0 Å². The van der Waals surface area contributed by atoms with Gasteiger partial charge in [-0.2, -0.15) is 0 Å². The first-order valence-electron chi connectivity index (χ1n) is 5.60. The zero-order chi connectivity index (χ0) is 10.4. The highest BCUT2D eigenvalue weighted by Gasteiger charge is 2.23. The summed E-state index contributed by atoms with van der Waals surface area (Å²) in [4.78, 5) is 0. The van der Waals surface area contributed by atoms with E-state index in [4.69, 9.17) is 9.47 Å². The van der Waals surface area contributed by atoms with Gasteiger partial charge in [-0.25, -0.2) is 0 Å². The molecule has 0 aromatic rings. The van der Waals surface area contributed by atoms with Crippen LogP contribution in [0.1, 0.15) is 26.7 Å². The van der Waals surface area contributed by atoms with Gasteiger partial charge in [0, 0.05) is 25.8 Å². The molecule has 3 nitrogen and oxygen atoms in total. The van der Waals surface area contributed by atoms with Crippen molar-refractivity contribution < 1.29 is 9.47 Å². The second kappa shape index (κ2) is 6.38. The normalized spacial score (nSPS) is 26.4. The summed E-state index contributed by atoms with van der Waals surface area (Å²) in [6.07, 6.45) is 2.31. The smallest absolute Gasteiger partial charge is 0.0615 e. The molecule has 3 atom stereocenters. The van der Waals surface area contributed by atoms with Crippen molar-refractivity contribution in [3.8, 4) is 0 Å². The van der Waals surface area contributed by atoms with E-state index in [2.05, 4.69) is 19.2 Å². The van der Waals surface area contributed by atoms with Crippen LogP contribution in [0.4, 0.5) is 0 Å². The predicted molar refractivity (Wildman–Crippen MR) is 57.5 cm³/mol. The van der Waals surface area contributed by atoms with E-state index < -0.39 is 0 Å². The lowest BCUT2D eigenvalue weighted by Gasteiger charge is -2.25. The van der Waals surface area contributed by atoms with Crippen LogP contribution in [0, 0.1) is 5.92 Å². The summed E-state index contributed by atoms with van der Waals surface area (Å²) in [6.45, 7) is 7.08. The second-order valence-electron chi connectivity index (χ2n) is 4.14. The van der Waals surface area contributed by atoms with Gasteiger partial charge in [0.05, 0.1) is 13.2 Å². The summed E-state index contributed by atoms with van der Waals surface area (Å²) >= 11 is 0. The molecule has 0 radical (unpaired) electrons. The highest BCUT2D eigenvalue weighted by molar-refractivity contribution is 4.78. The van der Waals surface area contributed by atoms with Crippen molar-refractivity contribution in [2.75, 3.05) is 26.9 Å². The molecule has 1 fully saturated rings. The molecule has 14 heavy (non-hydrogen) atoms. The minimum absolute atomic E-state index is 0.482. The fourth-order valence-electron chi connectivity index (χ4n) is 1.94. The van der Waals surface area contributed by atoms with Gasteiger partial charge in [0.1, 0.15) is 0 Å². The Labute approximate surface area is 87.2 Å². The zero-order valence-corrected chi connectivity index (χ0v) is 9.58. The second-order valence-corrected chi connectivity index (χ2v) is 4.14. The molecule has 0 saturated carbocycles. The molecule has 3 unspecified atom stereocenters. The van der Waals surface area contributed by atoms with E-state index in [1.165, 1.54) is 6.42 Å². The van der Waals surface area contributed by atoms with Crippen LogP contribution in [0.25, 0.3) is 0 Å². The van der Waals surface area contributed by atoms with Crippen molar-refractivity contribution in [1.82, 2.24) is 5.32 Å². The molecule has 0 spiro atoms. The van der Waals surface area contributed by atoms with Crippen molar-refractivity contribution in [3.05, 3.63) is 0 Å². The first kappa shape index (κ1) is 12.0. The Morgan fingerprint density at radius 2 is 2.36 bits per heavy atom. The number of ether oxygens (including phenoxy) is 2. The molecule has 0 amide bonds. The van der Waals surface area contributed by atoms with E-state index in [9.17, 15) is 0 Å². The summed E-state index contributed by atoms with van der Waals surface area (Å²) in [5, 5.41) is 3.60. The van der Waals surface area contributed by atoms with Gasteiger partial charge < -0.3 is 14.8 Å². The van der Waals surface area contributed by atoms with Crippen LogP contribution < -0.4 is 5.32 Å². The van der Waals surface area contributed by atoms with Gasteiger partial charge in [-0.15, -0.1) is 0 Å². The number of hydrogen-bond donors (Lipinski definition) is 1. The van der Waals surface area contributed by atoms with Gasteiger partial charge in [-0.1, -0.05) is 6.92 Å². The molecule has 1 rings (SSSR count). The molecule has 0 bridgehead atoms. The predicted octanol–water partition coefficient (Wildman–Crippen LogP) is 1.43. The molecule has 1 N–H and O–H groups in total. The highest BCUT2D eigenvalue weighted by atomic mass is 16.5. The molecule has 0 aromatic carbocycles. The van der Waals surface area contributed by atoms with Gasteiger partial charge in [0.15, 0.2) is 0 Å². The molecule has 0 aliphatic carbocycles. The van der Waals surface area contributed by atoms with Crippen LogP contribution in [0.5, 0.6) is 0 Å². The van der Waals surface area contributed by atoms with E-state index >= 15 is 0 Å². The molecule has 84 valence electrons. The number of rotatable bonds is 6. The average Bonchev–Trinajstić information content (AvgIpc) is 2.69. The summed E-state index contributed by atoms with van der Waals surface area (Å²) in [7, 11) is 1.76. The third-order valence-electron chi connectivity index (χ3n) is 3.03. The maximum atomic E-state index is 5.38. The Kier molecular flexibility index (Phi) is 5.45. The first-order valence-corrected chi connectivity index (χ1v) is 5.60. The van der Waals surface area contributed by atoms with E-state index in [1.54, 1.807) is 7.11 Å². The molecule has 1 aliphatic rings. The summed E-state index contributed by atoms with van der Waals surface area (Å²) in [5.41, 5.74) is 0. The van der Waals surface area contributed by atoms with Crippen molar-refractivity contribution in [3.63, 3.8) is 0 Å². The van der Waals surface area contributed by atoms with Crippen LogP contribution in [-0.2, 0) is 9.47 Å². The maximum absolute atomic E-state index is 5.38. The molecule has 1 heterocycles. The number of nitrogens with one attached hydrogen (secondary N) is 1. The van der Waals surface area contributed by atoms with Crippen LogP contribution in [0.2, 0.25) is 0 Å². The molecular formula is C11H23NO2. The minimum atomic E-state index is 0.482. The van der Waals surface area contributed by atoms with Crippen LogP contribution in [-0.4, -0.2) is 39.0 Å². The fourth-order valence-corrected chi connectivity index (χ4v) is 1.94. The highest BCUT2D eigenvalue weighted by Crippen LogP contribution is 2.17. The van der Waals surface area contributed by atoms with E-state index in [-0.39, 0.29) is 0 Å². The SMILES string of the molecule is CCC(COC)NC(C)C1CCOC1. The molecule has 3 heteroatoms. The van der Waals surface area contributed by atoms with Crippen LogP contribution in [0.3, 0.4) is 0 Å². The van der Waals surface area contributed by atoms with Crippen LogP contribution in [0.15, 0.2) is 0 Å². The molecule has 0 aromatic heterocycles. The third kappa shape index (κ3) is 3.56. The Bertz CT molecular complexity index is 146. The number of hydrogen-bond acceptors (Lipinski definition) is 3. The standard InChI is InChI=1S/C11H23NO2/c1-4-11(8-13-3)12-9(2)10-5-6-14-7-10/h9-12H,4-8H2,1-3H3. The molecule has 1 aliphatic heterocycles. The third-order valence-corrected chi connectivity index (χ3v) is 3.03. The number of methoxy groups -OCH3 is 1. The van der Waals surface area contributed by atoms with Gasteiger partial charge in [-0.05, 0) is 25.7 Å². The Balaban J connectivity index is 2.25. The van der Waals surface area contributed by atoms with Gasteiger partial charge in [-0.3, -0.25) is 0 Å². The Morgan fingerprint density at radius 3 is 2.86 bits per heavy atom. The zero-order valence-electron chi connectivity index (χ0n) is 9.58. The van der Waals surface area contributed by atoms with E-state index in [0.717, 1.165) is 26.2 Å². The maximum Gasteiger partial charge on any atom is 0.0615 e. The fraction of sp³-hybridized carbons (Fsp3) is 1.00. The quantitative estimate of drug-likeness (QED) is 0.705. The minimum Gasteiger partial charge on any atom is -0.383 e. The summed E-state index contributed by atoms with van der Waals surface area (Å²) in [6, 6.07) is 1.02. The molecule has 1 saturated heterocycles. The topological polar surface area (TPSA) is 30.5 Å². The first-order chi connectivity index (χ1) is 6.77. The summed E-state index contributed by atoms with van der Waals surface area (Å²) < 4.78 is 10.5. The lowest BCUT2D eigenvalue weighted by molar-refractivity contribution is 0.145. The van der Waals surface area contributed by atoms with E-state index in [1.807, 2.05) is 0 Å². The Morgan fingerprint density at radius 1 is 1.57 bits per heavy atom. The lowest BCUT2D eigenvalue weighted by Crippen LogP contribution is -2.43. The van der Waals surface area contributed by atoms with E-state index in [0.29, 0.717) is 18.0 Å². The monoisotopic (exact) mass is 201 g/mol. The van der Waals surface area contributed by atoms with Gasteiger partial charge in [0.25, 0.3) is 0 Å². The van der Waals surface area contributed by atoms with Crippen molar-refractivity contribution in [2.24, 2.45) is 5.92 Å². The molecular weight excluding hydrogens is 178 g/mol. The van der Waals surface area contributed by atoms with Crippen molar-refractivity contribution in [2.45, 2.75) is 38.8 Å². The van der Waals surface area contributed by atoms with Crippen molar-refractivity contribution in [1.29, 1.82) is 0 Å². The van der Waals surface area contributed by atoms with Crippen molar-refractivity contribution >= 4 is 0 Å². The average molecular weight is 201 g/mol. The Hall–Kier alpha value is -0.120. The van der Waals surface area contributed by atoms with Crippen LogP contribution >= 0.6 is 0 Å². The van der Waals surface area contributed by atoms with Gasteiger partial charge in [0.2, 0.25) is 0 Å².